The van der Waals surface area contributed by atoms with Crippen molar-refractivity contribution in [3.05, 3.63) is 176 Å². The molecule has 240 valence electrons. The van der Waals surface area contributed by atoms with E-state index >= 15 is 0 Å². The van der Waals surface area contributed by atoms with Gasteiger partial charge in [-0.25, -0.2) is 9.97 Å². The van der Waals surface area contributed by atoms with Crippen LogP contribution < -0.4 is 4.90 Å². The van der Waals surface area contributed by atoms with E-state index in [2.05, 4.69) is 9.97 Å². The molecule has 0 bridgehead atoms. The number of oxazole rings is 2. The van der Waals surface area contributed by atoms with Crippen molar-refractivity contribution in [3.8, 4) is 34.0 Å². The highest BCUT2D eigenvalue weighted by atomic mass is 16.4. The molecular formula is C46H29N3O2. The average molecular weight is 672 g/mol. The molecule has 0 saturated carbocycles. The van der Waals surface area contributed by atoms with Gasteiger partial charge in [0.2, 0.25) is 11.8 Å². The van der Waals surface area contributed by atoms with Gasteiger partial charge in [0.05, 0.1) is 21.9 Å². The first-order valence-electron chi connectivity index (χ1n) is 23.7. The SMILES string of the molecule is [2H]c1c([2H])c([2H])c2oc(-c3ccc(N(c4ccc(-c5nc6c([2H])c([2H])c([2H])c([2H])c6o5)cc4)c4cc([2H])c5cc(-c6c([2H])c([2H])c7c([2H])c([2H])c([2H])c([2H])c7c6[2H])ccc5c4)cc3)nc2c1[2H]. The zero-order valence-corrected chi connectivity index (χ0v) is 26.2. The van der Waals surface area contributed by atoms with E-state index in [0.717, 1.165) is 0 Å². The zero-order valence-electron chi connectivity index (χ0n) is 42.2. The molecular weight excluding hydrogens is 627 g/mol. The van der Waals surface area contributed by atoms with Crippen LogP contribution in [0, 0.1) is 0 Å². The normalized spacial score (nSPS) is 15.9. The van der Waals surface area contributed by atoms with Gasteiger partial charge in [-0.15, -0.1) is 0 Å². The van der Waals surface area contributed by atoms with Crippen LogP contribution in [0.5, 0.6) is 0 Å². The molecule has 2 heterocycles. The molecule has 0 aliphatic heterocycles. The molecule has 10 rings (SSSR count). The van der Waals surface area contributed by atoms with Crippen LogP contribution in [0.4, 0.5) is 17.1 Å². The smallest absolute Gasteiger partial charge is 0.227 e. The van der Waals surface area contributed by atoms with Crippen molar-refractivity contribution in [1.29, 1.82) is 0 Å². The third-order valence-corrected chi connectivity index (χ3v) is 8.37. The molecule has 0 saturated heterocycles. The number of hydrogen-bond acceptors (Lipinski definition) is 5. The topological polar surface area (TPSA) is 55.3 Å². The van der Waals surface area contributed by atoms with Gasteiger partial charge < -0.3 is 13.7 Å². The van der Waals surface area contributed by atoms with E-state index < -0.39 is 60.4 Å². The Morgan fingerprint density at radius 1 is 0.412 bits per heavy atom. The Morgan fingerprint density at radius 2 is 0.980 bits per heavy atom. The lowest BCUT2D eigenvalue weighted by atomic mass is 9.98. The quantitative estimate of drug-likeness (QED) is 0.176. The first kappa shape index (κ1) is 17.1. The Labute approximate surface area is 316 Å². The number of nitrogens with zero attached hydrogens (tertiary/aromatic N) is 3. The lowest BCUT2D eigenvalue weighted by Crippen LogP contribution is -2.09. The van der Waals surface area contributed by atoms with Crippen molar-refractivity contribution in [2.75, 3.05) is 4.90 Å². The highest BCUT2D eigenvalue weighted by Crippen LogP contribution is 2.39. The van der Waals surface area contributed by atoms with Crippen LogP contribution in [0.3, 0.4) is 0 Å². The van der Waals surface area contributed by atoms with Gasteiger partial charge in [0, 0.05) is 28.2 Å². The highest BCUT2D eigenvalue weighted by Gasteiger charge is 2.16. The van der Waals surface area contributed by atoms with Crippen molar-refractivity contribution in [3.63, 3.8) is 0 Å². The highest BCUT2D eigenvalue weighted by molar-refractivity contribution is 5.94. The predicted octanol–water partition coefficient (Wildman–Crippen LogP) is 12.7. The second-order valence-electron chi connectivity index (χ2n) is 11.5. The average Bonchev–Trinajstić information content (AvgIpc) is 3.99. The third kappa shape index (κ3) is 5.29. The summed E-state index contributed by atoms with van der Waals surface area (Å²) in [4.78, 5) is 10.6. The van der Waals surface area contributed by atoms with Crippen molar-refractivity contribution < 1.29 is 30.8 Å². The molecule has 8 aromatic carbocycles. The largest absolute Gasteiger partial charge is 0.436 e. The zero-order chi connectivity index (χ0) is 47.7. The Morgan fingerprint density at radius 3 is 1.63 bits per heavy atom. The van der Waals surface area contributed by atoms with E-state index in [0.29, 0.717) is 44.5 Å². The molecule has 5 heteroatoms. The molecule has 0 amide bonds. The molecule has 2 aromatic heterocycles. The molecule has 0 aliphatic carbocycles. The van der Waals surface area contributed by atoms with Gasteiger partial charge in [-0.05, 0) is 130 Å². The van der Waals surface area contributed by atoms with Crippen molar-refractivity contribution in [1.82, 2.24) is 9.97 Å². The first-order chi connectivity index (χ1) is 31.9. The Hall–Kier alpha value is -6.98. The number of anilines is 3. The van der Waals surface area contributed by atoms with E-state index in [1.165, 1.54) is 0 Å². The summed E-state index contributed by atoms with van der Waals surface area (Å²) in [5.74, 6) is 0.131. The molecule has 0 aliphatic rings. The van der Waals surface area contributed by atoms with Crippen molar-refractivity contribution in [2.24, 2.45) is 0 Å². The first-order valence-corrected chi connectivity index (χ1v) is 15.7. The third-order valence-electron chi connectivity index (χ3n) is 8.37. The Kier molecular flexibility index (Phi) is 3.98. The molecule has 0 fully saturated rings. The number of aromatic nitrogens is 2. The lowest BCUT2D eigenvalue weighted by molar-refractivity contribution is 0.619. The van der Waals surface area contributed by atoms with Crippen LogP contribution in [-0.4, -0.2) is 9.97 Å². The number of rotatable bonds is 6. The monoisotopic (exact) mass is 671 g/mol. The molecule has 0 N–H and O–H groups in total. The fourth-order valence-corrected chi connectivity index (χ4v) is 5.91. The minimum Gasteiger partial charge on any atom is -0.436 e. The molecule has 0 unspecified atom stereocenters. The molecule has 0 atom stereocenters. The lowest BCUT2D eigenvalue weighted by Gasteiger charge is -2.26. The summed E-state index contributed by atoms with van der Waals surface area (Å²) < 4.78 is 146. The summed E-state index contributed by atoms with van der Waals surface area (Å²) in [6, 6.07) is 15.8. The van der Waals surface area contributed by atoms with Crippen LogP contribution in [0.1, 0.15) is 21.9 Å². The maximum absolute atomic E-state index is 9.29. The van der Waals surface area contributed by atoms with E-state index in [-0.39, 0.29) is 86.6 Å². The number of para-hydroxylation sites is 4. The summed E-state index contributed by atoms with van der Waals surface area (Å²) in [5.41, 5.74) is 2.68. The van der Waals surface area contributed by atoms with E-state index in [1.54, 1.807) is 72.8 Å². The van der Waals surface area contributed by atoms with Gasteiger partial charge in [-0.3, -0.25) is 0 Å². The fraction of sp³-hybridized carbons (Fsp3) is 0. The van der Waals surface area contributed by atoms with Crippen molar-refractivity contribution in [2.45, 2.75) is 0 Å². The Bertz CT molecular complexity index is 3550. The van der Waals surface area contributed by atoms with Gasteiger partial charge >= 0.3 is 0 Å². The molecule has 51 heavy (non-hydrogen) atoms. The van der Waals surface area contributed by atoms with Gasteiger partial charge in [0.25, 0.3) is 0 Å². The van der Waals surface area contributed by atoms with E-state index in [9.17, 15) is 1.37 Å². The minimum absolute atomic E-state index is 0.0160. The summed E-state index contributed by atoms with van der Waals surface area (Å²) in [6.07, 6.45) is 0. The van der Waals surface area contributed by atoms with Crippen LogP contribution in [-0.2, 0) is 0 Å². The molecule has 0 radical (unpaired) electrons. The van der Waals surface area contributed by atoms with Gasteiger partial charge in [-0.2, -0.15) is 0 Å². The second kappa shape index (κ2) is 11.9. The number of benzene rings is 8. The van der Waals surface area contributed by atoms with Crippen molar-refractivity contribution >= 4 is 60.8 Å². The number of fused-ring (bicyclic) bond motifs is 4. The summed E-state index contributed by atoms with van der Waals surface area (Å²) in [5, 5.41) is 0.599. The van der Waals surface area contributed by atoms with E-state index in [4.69, 9.17) is 29.4 Å². The predicted molar refractivity (Wildman–Crippen MR) is 208 cm³/mol. The van der Waals surface area contributed by atoms with Gasteiger partial charge in [0.15, 0.2) is 11.2 Å². The summed E-state index contributed by atoms with van der Waals surface area (Å²) >= 11 is 0. The number of hydrogen-bond donors (Lipinski definition) is 0. The standard InChI is InChI=1S/C46H29N3O2/c1-2-8-33-27-34(14-13-30(33)7-1)35-15-16-37-29-40(26-21-36(37)28-35)49(38-22-17-31(18-23-38)45-47-41-9-3-5-11-43(41)50-45)39-24-19-32(20-25-39)46-48-42-10-4-6-12-44(42)51-46/h1-29H/i1D,2D,3D,4D,5D,6D,7D,8D,9D,10D,11D,12D,13D,14D,21D,27D. The van der Waals surface area contributed by atoms with Gasteiger partial charge in [0.1, 0.15) is 11.0 Å². The summed E-state index contributed by atoms with van der Waals surface area (Å²) in [6.45, 7) is 0. The molecule has 5 nitrogen and oxygen atoms in total. The summed E-state index contributed by atoms with van der Waals surface area (Å²) in [7, 11) is 0. The van der Waals surface area contributed by atoms with Crippen LogP contribution >= 0.6 is 0 Å². The van der Waals surface area contributed by atoms with Crippen LogP contribution in [0.15, 0.2) is 184 Å². The maximum atomic E-state index is 9.29. The van der Waals surface area contributed by atoms with E-state index in [1.807, 2.05) is 11.0 Å². The Balaban J connectivity index is 1.09. The second-order valence-corrected chi connectivity index (χ2v) is 11.5. The fourth-order valence-electron chi connectivity index (χ4n) is 5.91. The maximum Gasteiger partial charge on any atom is 0.227 e. The molecule has 0 spiro atoms. The van der Waals surface area contributed by atoms with Crippen LogP contribution in [0.25, 0.3) is 77.8 Å². The van der Waals surface area contributed by atoms with Crippen LogP contribution in [0.2, 0.25) is 0 Å². The minimum atomic E-state index is -0.565. The van der Waals surface area contributed by atoms with Gasteiger partial charge in [-0.1, -0.05) is 78.6 Å². The molecule has 10 aromatic rings.